The molecule has 0 saturated heterocycles. The van der Waals surface area contributed by atoms with Gasteiger partial charge >= 0.3 is 6.18 Å². The molecular weight excluding hydrogens is 353 g/mol. The van der Waals surface area contributed by atoms with Gasteiger partial charge in [-0.25, -0.2) is 4.98 Å². The highest BCUT2D eigenvalue weighted by molar-refractivity contribution is 7.85. The predicted octanol–water partition coefficient (Wildman–Crippen LogP) is 4.57. The number of allylic oxidation sites excluding steroid dienone is 2. The standard InChI is InChI=1S/C17H15F3N2O2S/c1-10(22-13-5-3-4-12(9-13)17(18,19)20)16(25)15(23)11-6-7-21-14(8-11)24-2/h3-9,22,25H,1-2H3/b16-10-. The number of Topliss-reactive ketones (excluding diaryl/α,β-unsaturated/α-hetero) is 1. The second-order valence-corrected chi connectivity index (χ2v) is 5.54. The first-order valence-corrected chi connectivity index (χ1v) is 7.56. The molecule has 1 aromatic heterocycles. The molecule has 1 aromatic carbocycles. The molecule has 0 unspecified atom stereocenters. The summed E-state index contributed by atoms with van der Waals surface area (Å²) in [6, 6.07) is 7.64. The van der Waals surface area contributed by atoms with Gasteiger partial charge in [-0.2, -0.15) is 13.2 Å². The van der Waals surface area contributed by atoms with Crippen LogP contribution in [-0.2, 0) is 6.18 Å². The van der Waals surface area contributed by atoms with Crippen molar-refractivity contribution >= 4 is 24.1 Å². The molecule has 0 spiro atoms. The summed E-state index contributed by atoms with van der Waals surface area (Å²) in [4.78, 5) is 16.4. The summed E-state index contributed by atoms with van der Waals surface area (Å²) in [5.74, 6) is -0.128. The van der Waals surface area contributed by atoms with Crippen molar-refractivity contribution in [3.8, 4) is 5.88 Å². The fourth-order valence-electron chi connectivity index (χ4n) is 2.02. The number of ketones is 1. The number of nitrogens with one attached hydrogen (secondary N) is 1. The number of nitrogens with zero attached hydrogens (tertiary/aromatic N) is 1. The average Bonchev–Trinajstić information content (AvgIpc) is 2.60. The number of halogens is 3. The van der Waals surface area contributed by atoms with Crippen molar-refractivity contribution in [2.75, 3.05) is 12.4 Å². The van der Waals surface area contributed by atoms with Crippen molar-refractivity contribution in [2.45, 2.75) is 13.1 Å². The number of benzene rings is 1. The Morgan fingerprint density at radius 3 is 2.60 bits per heavy atom. The molecule has 2 aromatic rings. The van der Waals surface area contributed by atoms with Gasteiger partial charge in [-0.1, -0.05) is 6.07 Å². The molecule has 4 nitrogen and oxygen atoms in total. The summed E-state index contributed by atoms with van der Waals surface area (Å²) in [5.41, 5.74) is 0.0562. The normalized spacial score (nSPS) is 12.4. The van der Waals surface area contributed by atoms with Crippen molar-refractivity contribution in [3.63, 3.8) is 0 Å². The van der Waals surface area contributed by atoms with E-state index in [1.165, 1.54) is 37.6 Å². The Bertz CT molecular complexity index is 820. The Balaban J connectivity index is 2.25. The Hall–Kier alpha value is -2.48. The van der Waals surface area contributed by atoms with Crippen LogP contribution < -0.4 is 10.1 Å². The number of methoxy groups -OCH3 is 1. The predicted molar refractivity (Wildman–Crippen MR) is 91.9 cm³/mol. The molecule has 0 radical (unpaired) electrons. The minimum absolute atomic E-state index is 0.0747. The third kappa shape index (κ3) is 4.76. The van der Waals surface area contributed by atoms with Gasteiger partial charge in [-0.3, -0.25) is 4.79 Å². The number of hydrogen-bond acceptors (Lipinski definition) is 5. The van der Waals surface area contributed by atoms with E-state index in [0.29, 0.717) is 11.3 Å². The van der Waals surface area contributed by atoms with E-state index in [9.17, 15) is 18.0 Å². The number of hydrogen-bond donors (Lipinski definition) is 2. The molecule has 132 valence electrons. The monoisotopic (exact) mass is 368 g/mol. The third-order valence-corrected chi connectivity index (χ3v) is 3.84. The molecule has 1 heterocycles. The van der Waals surface area contributed by atoms with E-state index in [1.54, 1.807) is 6.92 Å². The van der Waals surface area contributed by atoms with Crippen molar-refractivity contribution in [1.82, 2.24) is 4.98 Å². The van der Waals surface area contributed by atoms with Crippen LogP contribution in [0.3, 0.4) is 0 Å². The molecule has 1 N–H and O–H groups in total. The van der Waals surface area contributed by atoms with E-state index < -0.39 is 17.5 Å². The molecule has 0 fully saturated rings. The molecule has 0 amide bonds. The van der Waals surface area contributed by atoms with Crippen molar-refractivity contribution < 1.29 is 22.7 Å². The van der Waals surface area contributed by atoms with Gasteiger partial charge in [0.1, 0.15) is 0 Å². The summed E-state index contributed by atoms with van der Waals surface area (Å²) in [6.45, 7) is 1.55. The third-order valence-electron chi connectivity index (χ3n) is 3.30. The van der Waals surface area contributed by atoms with E-state index in [0.717, 1.165) is 12.1 Å². The molecule has 0 aliphatic carbocycles. The van der Waals surface area contributed by atoms with Gasteiger partial charge in [0.05, 0.1) is 17.6 Å². The van der Waals surface area contributed by atoms with Gasteiger partial charge in [0.25, 0.3) is 0 Å². The van der Waals surface area contributed by atoms with E-state index in [2.05, 4.69) is 22.9 Å². The summed E-state index contributed by atoms with van der Waals surface area (Å²) in [5, 5.41) is 2.77. The van der Waals surface area contributed by atoms with Crippen LogP contribution in [0.5, 0.6) is 5.88 Å². The first kappa shape index (κ1) is 18.9. The lowest BCUT2D eigenvalue weighted by Crippen LogP contribution is -2.08. The van der Waals surface area contributed by atoms with Gasteiger partial charge in [-0.15, -0.1) is 12.6 Å². The maximum absolute atomic E-state index is 12.8. The van der Waals surface area contributed by atoms with E-state index in [-0.39, 0.29) is 16.5 Å². The van der Waals surface area contributed by atoms with E-state index >= 15 is 0 Å². The van der Waals surface area contributed by atoms with E-state index in [4.69, 9.17) is 4.74 Å². The van der Waals surface area contributed by atoms with Gasteiger partial charge in [0.15, 0.2) is 0 Å². The van der Waals surface area contributed by atoms with Gasteiger partial charge in [0.2, 0.25) is 11.7 Å². The highest BCUT2D eigenvalue weighted by atomic mass is 32.1. The number of anilines is 1. The van der Waals surface area contributed by atoms with Crippen LogP contribution in [0.1, 0.15) is 22.8 Å². The van der Waals surface area contributed by atoms with Gasteiger partial charge < -0.3 is 10.1 Å². The molecule has 0 saturated carbocycles. The topological polar surface area (TPSA) is 51.2 Å². The first-order valence-electron chi connectivity index (χ1n) is 7.11. The Morgan fingerprint density at radius 2 is 1.96 bits per heavy atom. The molecule has 0 aliphatic rings. The molecule has 8 heteroatoms. The first-order chi connectivity index (χ1) is 11.7. The quantitative estimate of drug-likeness (QED) is 0.461. The zero-order valence-electron chi connectivity index (χ0n) is 13.4. The number of aromatic nitrogens is 1. The van der Waals surface area contributed by atoms with Crippen LogP contribution in [-0.4, -0.2) is 17.9 Å². The lowest BCUT2D eigenvalue weighted by atomic mass is 10.1. The second-order valence-electron chi connectivity index (χ2n) is 5.09. The molecule has 2 rings (SSSR count). The number of ether oxygens (including phenoxy) is 1. The van der Waals surface area contributed by atoms with Crippen molar-refractivity contribution in [1.29, 1.82) is 0 Å². The maximum Gasteiger partial charge on any atom is 0.416 e. The zero-order chi connectivity index (χ0) is 18.6. The van der Waals surface area contributed by atoms with Crippen molar-refractivity contribution in [2.24, 2.45) is 0 Å². The Labute approximate surface area is 148 Å². The highest BCUT2D eigenvalue weighted by Crippen LogP contribution is 2.31. The van der Waals surface area contributed by atoms with Crippen LogP contribution in [0.25, 0.3) is 0 Å². The van der Waals surface area contributed by atoms with Gasteiger partial charge in [-0.05, 0) is 31.2 Å². The minimum atomic E-state index is -4.44. The van der Waals surface area contributed by atoms with Crippen molar-refractivity contribution in [3.05, 3.63) is 64.3 Å². The minimum Gasteiger partial charge on any atom is -0.481 e. The number of carbonyl (C=O) groups is 1. The SMILES string of the molecule is COc1cc(C(=O)/C(S)=C(\C)Nc2cccc(C(F)(F)F)c2)ccn1. The molecule has 0 atom stereocenters. The number of thiol groups is 1. The molecule has 25 heavy (non-hydrogen) atoms. The van der Waals surface area contributed by atoms with E-state index in [1.807, 2.05) is 0 Å². The summed E-state index contributed by atoms with van der Waals surface area (Å²) in [6.07, 6.45) is -3.02. The molecule has 0 bridgehead atoms. The molecule has 0 aliphatic heterocycles. The number of alkyl halides is 3. The fourth-order valence-corrected chi connectivity index (χ4v) is 2.20. The van der Waals surface area contributed by atoms with Crippen LogP contribution in [0.2, 0.25) is 0 Å². The number of carbonyl (C=O) groups excluding carboxylic acids is 1. The van der Waals surface area contributed by atoms with Crippen LogP contribution in [0, 0.1) is 0 Å². The highest BCUT2D eigenvalue weighted by Gasteiger charge is 2.30. The molecular formula is C17H15F3N2O2S. The lowest BCUT2D eigenvalue weighted by molar-refractivity contribution is -0.137. The van der Waals surface area contributed by atoms with Crippen LogP contribution in [0.4, 0.5) is 18.9 Å². The maximum atomic E-state index is 12.8. The smallest absolute Gasteiger partial charge is 0.416 e. The largest absolute Gasteiger partial charge is 0.481 e. The summed E-state index contributed by atoms with van der Waals surface area (Å²) < 4.78 is 43.2. The lowest BCUT2D eigenvalue weighted by Gasteiger charge is -2.12. The Morgan fingerprint density at radius 1 is 1.24 bits per heavy atom. The fraction of sp³-hybridized carbons (Fsp3) is 0.176. The Kier molecular flexibility index (Phi) is 5.73. The van der Waals surface area contributed by atoms with Crippen LogP contribution in [0.15, 0.2) is 53.2 Å². The number of rotatable bonds is 5. The zero-order valence-corrected chi connectivity index (χ0v) is 14.3. The summed E-state index contributed by atoms with van der Waals surface area (Å²) in [7, 11) is 1.43. The second kappa shape index (κ2) is 7.60. The average molecular weight is 368 g/mol. The summed E-state index contributed by atoms with van der Waals surface area (Å²) >= 11 is 4.19. The number of pyridine rings is 1. The van der Waals surface area contributed by atoms with Gasteiger partial charge in [0, 0.05) is 29.2 Å². The van der Waals surface area contributed by atoms with Crippen LogP contribution >= 0.6 is 12.6 Å².